The Labute approximate surface area is 270 Å². The van der Waals surface area contributed by atoms with E-state index >= 15 is 4.39 Å². The first-order chi connectivity index (χ1) is 22.0. The van der Waals surface area contributed by atoms with E-state index in [0.717, 1.165) is 73.0 Å². The third-order valence-corrected chi connectivity index (χ3v) is 10.8. The van der Waals surface area contributed by atoms with Gasteiger partial charge >= 0.3 is 0 Å². The number of benzene rings is 3. The molecule has 0 amide bonds. The monoisotopic (exact) mass is 618 g/mol. The molecule has 3 aromatic carbocycles. The second kappa shape index (κ2) is 16.7. The molecule has 244 valence electrons. The van der Waals surface area contributed by atoms with Crippen molar-refractivity contribution in [1.29, 1.82) is 0 Å². The summed E-state index contributed by atoms with van der Waals surface area (Å²) in [5.41, 5.74) is 3.26. The van der Waals surface area contributed by atoms with E-state index in [0.29, 0.717) is 18.1 Å². The molecule has 0 unspecified atom stereocenters. The minimum Gasteiger partial charge on any atom is -0.490 e. The van der Waals surface area contributed by atoms with Crippen molar-refractivity contribution in [1.82, 2.24) is 0 Å². The largest absolute Gasteiger partial charge is 0.490 e. The first-order valence-electron chi connectivity index (χ1n) is 18.0. The van der Waals surface area contributed by atoms with Crippen molar-refractivity contribution in [3.8, 4) is 28.0 Å². The molecule has 2 fully saturated rings. The number of hydrogen-bond donors (Lipinski definition) is 0. The summed E-state index contributed by atoms with van der Waals surface area (Å²) in [5, 5.41) is 0. The van der Waals surface area contributed by atoms with Gasteiger partial charge in [0.25, 0.3) is 0 Å². The Hall–Kier alpha value is -2.75. The summed E-state index contributed by atoms with van der Waals surface area (Å²) >= 11 is 0. The highest BCUT2D eigenvalue weighted by atomic mass is 19.2. The molecule has 2 aliphatic carbocycles. The van der Waals surface area contributed by atoms with Gasteiger partial charge in [0.05, 0.1) is 6.61 Å². The molecule has 0 spiro atoms. The highest BCUT2D eigenvalue weighted by Gasteiger charge is 2.32. The van der Waals surface area contributed by atoms with E-state index in [4.69, 9.17) is 4.74 Å². The van der Waals surface area contributed by atoms with Crippen LogP contribution in [0.1, 0.15) is 128 Å². The van der Waals surface area contributed by atoms with Crippen LogP contribution in [0, 0.1) is 35.2 Å². The van der Waals surface area contributed by atoms with Gasteiger partial charge in [0.2, 0.25) is 5.82 Å². The van der Waals surface area contributed by atoms with Crippen LogP contribution in [0.3, 0.4) is 0 Å². The molecular weight excluding hydrogens is 565 g/mol. The maximum atomic E-state index is 15.5. The molecule has 5 rings (SSSR count). The van der Waals surface area contributed by atoms with Crippen LogP contribution in [-0.4, -0.2) is 6.61 Å². The SMILES string of the molecule is CCCCCCOc1ccc(-c2ccc(-c3ccc(C4CCC(C5CCC(CCCCC)CC5)CC4)c(F)c3)cc2)c(F)c1F. The van der Waals surface area contributed by atoms with Gasteiger partial charge < -0.3 is 4.74 Å². The Morgan fingerprint density at radius 3 is 1.89 bits per heavy atom. The van der Waals surface area contributed by atoms with Crippen LogP contribution >= 0.6 is 0 Å². The molecule has 45 heavy (non-hydrogen) atoms. The van der Waals surface area contributed by atoms with Gasteiger partial charge in [0, 0.05) is 5.56 Å². The third kappa shape index (κ3) is 8.74. The summed E-state index contributed by atoms with van der Waals surface area (Å²) in [4.78, 5) is 0. The Morgan fingerprint density at radius 1 is 0.600 bits per heavy atom. The van der Waals surface area contributed by atoms with Crippen LogP contribution in [0.15, 0.2) is 54.6 Å². The Balaban J connectivity index is 1.15. The fourth-order valence-electron chi connectivity index (χ4n) is 7.99. The van der Waals surface area contributed by atoms with Crippen molar-refractivity contribution in [3.63, 3.8) is 0 Å². The maximum absolute atomic E-state index is 15.5. The highest BCUT2D eigenvalue weighted by Crippen LogP contribution is 2.45. The second-order valence-electron chi connectivity index (χ2n) is 13.9. The normalized spacial score (nSPS) is 22.0. The Morgan fingerprint density at radius 2 is 1.22 bits per heavy atom. The van der Waals surface area contributed by atoms with E-state index in [9.17, 15) is 8.78 Å². The average Bonchev–Trinajstić information content (AvgIpc) is 3.07. The standard InChI is InChI=1S/C41H53F3O/c1-3-5-7-9-27-45-39-26-25-37(40(43)41(39)44)34-21-17-32(18-22-34)35-23-24-36(38(42)28-35)33-19-15-31(16-20-33)30-13-11-29(12-14-30)10-8-6-4-2/h17-18,21-26,28-31,33H,3-16,19-20,27H2,1-2H3. The molecule has 1 nitrogen and oxygen atoms in total. The van der Waals surface area contributed by atoms with Gasteiger partial charge in [0.1, 0.15) is 5.82 Å². The van der Waals surface area contributed by atoms with Crippen molar-refractivity contribution in [2.24, 2.45) is 17.8 Å². The van der Waals surface area contributed by atoms with Crippen LogP contribution in [0.2, 0.25) is 0 Å². The van der Waals surface area contributed by atoms with Gasteiger partial charge in [-0.2, -0.15) is 4.39 Å². The van der Waals surface area contributed by atoms with Gasteiger partial charge in [-0.25, -0.2) is 8.78 Å². The summed E-state index contributed by atoms with van der Waals surface area (Å²) in [7, 11) is 0. The molecule has 2 saturated carbocycles. The van der Waals surface area contributed by atoms with E-state index in [1.54, 1.807) is 24.3 Å². The van der Waals surface area contributed by atoms with Crippen molar-refractivity contribution in [2.45, 2.75) is 122 Å². The number of halogens is 3. The second-order valence-corrected chi connectivity index (χ2v) is 13.9. The molecule has 0 saturated heterocycles. The van der Waals surface area contributed by atoms with Gasteiger partial charge in [0.15, 0.2) is 11.6 Å². The summed E-state index contributed by atoms with van der Waals surface area (Å²) in [5.74, 6) is 0.895. The molecule has 0 N–H and O–H groups in total. The third-order valence-electron chi connectivity index (χ3n) is 10.8. The van der Waals surface area contributed by atoms with E-state index in [1.165, 1.54) is 70.3 Å². The lowest BCUT2D eigenvalue weighted by atomic mass is 9.68. The molecule has 0 heterocycles. The van der Waals surface area contributed by atoms with Gasteiger partial charge in [-0.3, -0.25) is 0 Å². The van der Waals surface area contributed by atoms with Gasteiger partial charge in [-0.05, 0) is 109 Å². The molecular formula is C41H53F3O. The molecule has 0 bridgehead atoms. The number of rotatable bonds is 14. The van der Waals surface area contributed by atoms with E-state index < -0.39 is 11.6 Å². The van der Waals surface area contributed by atoms with Crippen LogP contribution < -0.4 is 4.74 Å². The number of ether oxygens (including phenoxy) is 1. The van der Waals surface area contributed by atoms with Crippen LogP contribution in [0.25, 0.3) is 22.3 Å². The fourth-order valence-corrected chi connectivity index (χ4v) is 7.99. The first-order valence-corrected chi connectivity index (χ1v) is 18.0. The Kier molecular flexibility index (Phi) is 12.5. The molecule has 2 aliphatic rings. The minimum absolute atomic E-state index is 0.0475. The van der Waals surface area contributed by atoms with Crippen molar-refractivity contribution in [3.05, 3.63) is 77.6 Å². The molecule has 0 atom stereocenters. The quantitative estimate of drug-likeness (QED) is 0.163. The van der Waals surface area contributed by atoms with Crippen molar-refractivity contribution < 1.29 is 17.9 Å². The lowest BCUT2D eigenvalue weighted by Crippen LogP contribution is -2.25. The van der Waals surface area contributed by atoms with E-state index in [1.807, 2.05) is 24.3 Å². The molecule has 3 aromatic rings. The minimum atomic E-state index is -0.955. The number of unbranched alkanes of at least 4 members (excludes halogenated alkanes) is 5. The number of hydrogen-bond acceptors (Lipinski definition) is 1. The highest BCUT2D eigenvalue weighted by molar-refractivity contribution is 5.71. The Bertz CT molecular complexity index is 1330. The van der Waals surface area contributed by atoms with Gasteiger partial charge in [-0.15, -0.1) is 0 Å². The lowest BCUT2D eigenvalue weighted by molar-refractivity contribution is 0.155. The molecule has 0 radical (unpaired) electrons. The van der Waals surface area contributed by atoms with Crippen molar-refractivity contribution in [2.75, 3.05) is 6.61 Å². The predicted octanol–water partition coefficient (Wildman–Crippen LogP) is 13.1. The molecule has 0 aromatic heterocycles. The summed E-state index contributed by atoms with van der Waals surface area (Å²) in [6.07, 6.45) is 19.8. The van der Waals surface area contributed by atoms with E-state index in [-0.39, 0.29) is 17.1 Å². The predicted molar refractivity (Wildman–Crippen MR) is 181 cm³/mol. The topological polar surface area (TPSA) is 9.23 Å². The van der Waals surface area contributed by atoms with Crippen molar-refractivity contribution >= 4 is 0 Å². The summed E-state index contributed by atoms with van der Waals surface area (Å²) in [6.45, 7) is 4.79. The van der Waals surface area contributed by atoms with Gasteiger partial charge in [-0.1, -0.05) is 108 Å². The smallest absolute Gasteiger partial charge is 0.201 e. The average molecular weight is 619 g/mol. The zero-order valence-electron chi connectivity index (χ0n) is 27.6. The molecule has 4 heteroatoms. The van der Waals surface area contributed by atoms with Crippen LogP contribution in [0.4, 0.5) is 13.2 Å². The zero-order valence-corrected chi connectivity index (χ0v) is 27.6. The summed E-state index contributed by atoms with van der Waals surface area (Å²) in [6, 6.07) is 15.9. The maximum Gasteiger partial charge on any atom is 0.201 e. The lowest BCUT2D eigenvalue weighted by Gasteiger charge is -2.38. The summed E-state index contributed by atoms with van der Waals surface area (Å²) < 4.78 is 50.7. The first kappa shape index (κ1) is 33.6. The van der Waals surface area contributed by atoms with Crippen LogP contribution in [-0.2, 0) is 0 Å². The molecule has 0 aliphatic heterocycles. The van der Waals surface area contributed by atoms with E-state index in [2.05, 4.69) is 13.8 Å². The van der Waals surface area contributed by atoms with Crippen LogP contribution in [0.5, 0.6) is 5.75 Å². The fraction of sp³-hybridized carbons (Fsp3) is 0.561. The zero-order chi connectivity index (χ0) is 31.6.